The summed E-state index contributed by atoms with van der Waals surface area (Å²) in [5, 5.41) is 8.24. The summed E-state index contributed by atoms with van der Waals surface area (Å²) in [6.45, 7) is 6.34. The number of hydrogen-bond acceptors (Lipinski definition) is 3. The molecule has 0 aliphatic heterocycles. The third-order valence-electron chi connectivity index (χ3n) is 4.64. The highest BCUT2D eigenvalue weighted by Gasteiger charge is 2.18. The molecule has 0 aliphatic rings. The van der Waals surface area contributed by atoms with E-state index in [-0.39, 0.29) is 23.2 Å². The summed E-state index contributed by atoms with van der Waals surface area (Å²) in [6.07, 6.45) is 1.04. The van der Waals surface area contributed by atoms with E-state index in [2.05, 4.69) is 48.5 Å². The molecule has 0 fully saturated rings. The van der Waals surface area contributed by atoms with Crippen LogP contribution in [-0.2, 0) is 13.5 Å². The number of carbonyl (C=O) groups is 1. The monoisotopic (exact) mass is 363 g/mol. The maximum atomic E-state index is 12.8. The number of aryl methyl sites for hydroxylation is 1. The molecule has 1 heterocycles. The van der Waals surface area contributed by atoms with E-state index < -0.39 is 0 Å². The summed E-state index contributed by atoms with van der Waals surface area (Å²) < 4.78 is 1.21. The van der Waals surface area contributed by atoms with Crippen LogP contribution in [0.1, 0.15) is 48.4 Å². The predicted molar refractivity (Wildman–Crippen MR) is 108 cm³/mol. The first-order valence-corrected chi connectivity index (χ1v) is 9.22. The molecule has 5 heteroatoms. The zero-order valence-corrected chi connectivity index (χ0v) is 16.2. The minimum Gasteiger partial charge on any atom is -0.344 e. The molecular weight excluding hydrogens is 338 g/mol. The van der Waals surface area contributed by atoms with Gasteiger partial charge in [0.25, 0.3) is 11.5 Å². The molecule has 0 bridgehead atoms. The summed E-state index contributed by atoms with van der Waals surface area (Å²) in [4.78, 5) is 25.1. The van der Waals surface area contributed by atoms with Crippen LogP contribution in [0.5, 0.6) is 0 Å². The fraction of sp³-hybridized carbons (Fsp3) is 0.318. The molecule has 0 saturated heterocycles. The molecule has 1 N–H and O–H groups in total. The number of amides is 1. The first-order chi connectivity index (χ1) is 12.9. The Morgan fingerprint density at radius 2 is 1.67 bits per heavy atom. The maximum absolute atomic E-state index is 12.8. The van der Waals surface area contributed by atoms with Crippen molar-refractivity contribution >= 4 is 16.7 Å². The minimum absolute atomic E-state index is 0.164. The van der Waals surface area contributed by atoms with Gasteiger partial charge >= 0.3 is 0 Å². The van der Waals surface area contributed by atoms with E-state index in [4.69, 9.17) is 0 Å². The van der Waals surface area contributed by atoms with Crippen molar-refractivity contribution in [3.05, 3.63) is 75.7 Å². The van der Waals surface area contributed by atoms with Gasteiger partial charge < -0.3 is 5.32 Å². The largest absolute Gasteiger partial charge is 0.344 e. The van der Waals surface area contributed by atoms with Crippen LogP contribution in [0.4, 0.5) is 0 Å². The molecule has 0 saturated carbocycles. The first kappa shape index (κ1) is 18.8. The summed E-state index contributed by atoms with van der Waals surface area (Å²) in [5.74, 6) is 0.317. The van der Waals surface area contributed by atoms with Gasteiger partial charge in [-0.1, -0.05) is 56.3 Å². The molecular formula is C22H25N3O2. The van der Waals surface area contributed by atoms with Crippen molar-refractivity contribution in [1.29, 1.82) is 0 Å². The van der Waals surface area contributed by atoms with E-state index in [1.807, 2.05) is 6.92 Å². The van der Waals surface area contributed by atoms with Crippen LogP contribution in [0.25, 0.3) is 10.8 Å². The van der Waals surface area contributed by atoms with E-state index in [0.29, 0.717) is 16.7 Å². The quantitative estimate of drug-likeness (QED) is 0.753. The molecule has 0 aliphatic carbocycles. The normalized spacial score (nSPS) is 12.3. The lowest BCUT2D eigenvalue weighted by atomic mass is 10.00. The van der Waals surface area contributed by atoms with Crippen LogP contribution < -0.4 is 10.9 Å². The summed E-state index contributed by atoms with van der Waals surface area (Å²) in [6, 6.07) is 15.2. The third kappa shape index (κ3) is 4.08. The minimum atomic E-state index is -0.291. The number of rotatable bonds is 5. The van der Waals surface area contributed by atoms with Gasteiger partial charge in [-0.15, -0.1) is 0 Å². The molecule has 2 aromatic carbocycles. The molecule has 0 radical (unpaired) electrons. The van der Waals surface area contributed by atoms with Crippen molar-refractivity contribution in [2.45, 2.75) is 33.2 Å². The van der Waals surface area contributed by atoms with E-state index in [9.17, 15) is 9.59 Å². The zero-order valence-electron chi connectivity index (χ0n) is 16.2. The maximum Gasteiger partial charge on any atom is 0.274 e. The highest BCUT2D eigenvalue weighted by atomic mass is 16.2. The molecule has 140 valence electrons. The molecule has 3 aromatic rings. The van der Waals surface area contributed by atoms with Crippen molar-refractivity contribution < 1.29 is 4.79 Å². The topological polar surface area (TPSA) is 64.0 Å². The molecule has 1 aromatic heterocycles. The lowest BCUT2D eigenvalue weighted by Crippen LogP contribution is -2.31. The van der Waals surface area contributed by atoms with Crippen molar-refractivity contribution in [2.75, 3.05) is 0 Å². The molecule has 1 atom stereocenters. The van der Waals surface area contributed by atoms with E-state index in [1.165, 1.54) is 10.2 Å². The average molecular weight is 363 g/mol. The summed E-state index contributed by atoms with van der Waals surface area (Å²) >= 11 is 0. The van der Waals surface area contributed by atoms with Crippen LogP contribution in [0.3, 0.4) is 0 Å². The Morgan fingerprint density at radius 1 is 1.04 bits per heavy atom. The van der Waals surface area contributed by atoms with Gasteiger partial charge in [0.05, 0.1) is 11.4 Å². The molecule has 1 amide bonds. The van der Waals surface area contributed by atoms with Crippen LogP contribution in [0.15, 0.2) is 53.3 Å². The number of nitrogens with one attached hydrogen (secondary N) is 1. The Labute approximate surface area is 159 Å². The highest BCUT2D eigenvalue weighted by molar-refractivity contribution is 6.04. The van der Waals surface area contributed by atoms with E-state index >= 15 is 0 Å². The Hall–Kier alpha value is -2.95. The lowest BCUT2D eigenvalue weighted by Gasteiger charge is -2.16. The van der Waals surface area contributed by atoms with Crippen LogP contribution in [0, 0.1) is 5.92 Å². The van der Waals surface area contributed by atoms with Crippen molar-refractivity contribution in [3.63, 3.8) is 0 Å². The van der Waals surface area contributed by atoms with E-state index in [0.717, 1.165) is 12.0 Å². The standard InChI is InChI=1S/C22H25N3O2/c1-14(2)13-16-9-11-17(12-10-16)15(3)23-21(26)20-18-7-5-6-8-19(18)22(27)25(4)24-20/h5-12,14-15H,13H2,1-4H3,(H,23,26)/t15-/m1/s1. The fourth-order valence-electron chi connectivity index (χ4n) is 3.23. The Morgan fingerprint density at radius 3 is 2.30 bits per heavy atom. The second-order valence-corrected chi connectivity index (χ2v) is 7.36. The van der Waals surface area contributed by atoms with Crippen molar-refractivity contribution in [3.8, 4) is 0 Å². The molecule has 0 spiro atoms. The smallest absolute Gasteiger partial charge is 0.274 e. The zero-order chi connectivity index (χ0) is 19.6. The SMILES string of the molecule is CC(C)Cc1ccc([C@@H](C)NC(=O)c2nn(C)c(=O)c3ccccc23)cc1. The van der Waals surface area contributed by atoms with Gasteiger partial charge in [-0.25, -0.2) is 4.68 Å². The Bertz CT molecular complexity index is 1020. The Balaban J connectivity index is 1.84. The molecule has 3 rings (SSSR count). The van der Waals surface area contributed by atoms with Crippen molar-refractivity contribution in [2.24, 2.45) is 13.0 Å². The second-order valence-electron chi connectivity index (χ2n) is 7.36. The molecule has 0 unspecified atom stereocenters. The van der Waals surface area contributed by atoms with Crippen LogP contribution >= 0.6 is 0 Å². The Kier molecular flexibility index (Phi) is 5.40. The highest BCUT2D eigenvalue weighted by Crippen LogP contribution is 2.18. The second kappa shape index (κ2) is 7.74. The number of benzene rings is 2. The van der Waals surface area contributed by atoms with Gasteiger partial charge in [-0.05, 0) is 36.5 Å². The molecule has 5 nitrogen and oxygen atoms in total. The van der Waals surface area contributed by atoms with Gasteiger partial charge in [-0.3, -0.25) is 9.59 Å². The number of fused-ring (bicyclic) bond motifs is 1. The summed E-state index contributed by atoms with van der Waals surface area (Å²) in [7, 11) is 1.56. The van der Waals surface area contributed by atoms with Gasteiger partial charge in [0.15, 0.2) is 5.69 Å². The van der Waals surface area contributed by atoms with Gasteiger partial charge in [0.2, 0.25) is 0 Å². The van der Waals surface area contributed by atoms with Crippen LogP contribution in [0.2, 0.25) is 0 Å². The van der Waals surface area contributed by atoms with Gasteiger partial charge in [0, 0.05) is 12.4 Å². The average Bonchev–Trinajstić information content (AvgIpc) is 2.64. The summed E-state index contributed by atoms with van der Waals surface area (Å²) in [5.41, 5.74) is 2.37. The number of carbonyl (C=O) groups excluding carboxylic acids is 1. The van der Waals surface area contributed by atoms with Crippen LogP contribution in [-0.4, -0.2) is 15.7 Å². The van der Waals surface area contributed by atoms with Gasteiger partial charge in [0.1, 0.15) is 0 Å². The van der Waals surface area contributed by atoms with Gasteiger partial charge in [-0.2, -0.15) is 5.10 Å². The molecule has 27 heavy (non-hydrogen) atoms. The number of hydrogen-bond donors (Lipinski definition) is 1. The van der Waals surface area contributed by atoms with E-state index in [1.54, 1.807) is 31.3 Å². The number of aromatic nitrogens is 2. The third-order valence-corrected chi connectivity index (χ3v) is 4.64. The first-order valence-electron chi connectivity index (χ1n) is 9.22. The lowest BCUT2D eigenvalue weighted by molar-refractivity contribution is 0.0934. The predicted octanol–water partition coefficient (Wildman–Crippen LogP) is 3.62. The fourth-order valence-corrected chi connectivity index (χ4v) is 3.23. The van der Waals surface area contributed by atoms with Crippen molar-refractivity contribution in [1.82, 2.24) is 15.1 Å². The number of nitrogens with zero attached hydrogens (tertiary/aromatic N) is 2.